The summed E-state index contributed by atoms with van der Waals surface area (Å²) in [5, 5.41) is 3.50. The van der Waals surface area contributed by atoms with E-state index in [1.807, 2.05) is 6.92 Å². The van der Waals surface area contributed by atoms with Gasteiger partial charge in [-0.2, -0.15) is 0 Å². The molecule has 1 fully saturated rings. The first-order valence-corrected chi connectivity index (χ1v) is 8.26. The van der Waals surface area contributed by atoms with E-state index in [9.17, 15) is 0 Å². The Kier molecular flexibility index (Phi) is 9.48. The Morgan fingerprint density at radius 1 is 1.16 bits per heavy atom. The molecule has 3 nitrogen and oxygen atoms in total. The second kappa shape index (κ2) is 10.6. The van der Waals surface area contributed by atoms with Crippen LogP contribution in [0.2, 0.25) is 0 Å². The van der Waals surface area contributed by atoms with Crippen molar-refractivity contribution in [2.45, 2.75) is 58.9 Å². The predicted octanol–water partition coefficient (Wildman–Crippen LogP) is 2.90. The lowest BCUT2D eigenvalue weighted by molar-refractivity contribution is 0.145. The van der Waals surface area contributed by atoms with Crippen LogP contribution in [0.4, 0.5) is 0 Å². The Morgan fingerprint density at radius 3 is 2.53 bits per heavy atom. The Bertz CT molecular complexity index is 203. The lowest BCUT2D eigenvalue weighted by Crippen LogP contribution is -2.40. The normalized spacial score (nSPS) is 16.9. The van der Waals surface area contributed by atoms with Gasteiger partial charge in [0, 0.05) is 32.3 Å². The predicted molar refractivity (Wildman–Crippen MR) is 82.6 cm³/mol. The Hall–Kier alpha value is -0.120. The molecular weight excluding hydrogens is 236 g/mol. The van der Waals surface area contributed by atoms with Crippen LogP contribution in [0, 0.1) is 5.92 Å². The maximum absolute atomic E-state index is 5.34. The summed E-state index contributed by atoms with van der Waals surface area (Å²) in [6.07, 6.45) is 7.02. The average molecular weight is 270 g/mol. The fourth-order valence-corrected chi connectivity index (χ4v) is 2.81. The fourth-order valence-electron chi connectivity index (χ4n) is 2.81. The zero-order chi connectivity index (χ0) is 13.9. The number of nitrogens with one attached hydrogen (secondary N) is 1. The summed E-state index contributed by atoms with van der Waals surface area (Å²) in [7, 11) is 0. The molecule has 1 aliphatic rings. The van der Waals surface area contributed by atoms with E-state index in [1.54, 1.807) is 0 Å². The quantitative estimate of drug-likeness (QED) is 0.584. The molecule has 114 valence electrons. The molecule has 0 aromatic heterocycles. The third-order valence-corrected chi connectivity index (χ3v) is 4.04. The van der Waals surface area contributed by atoms with Gasteiger partial charge < -0.3 is 10.1 Å². The van der Waals surface area contributed by atoms with E-state index in [0.717, 1.165) is 38.3 Å². The molecule has 0 heterocycles. The number of rotatable bonds is 11. The maximum atomic E-state index is 5.34. The Morgan fingerprint density at radius 2 is 1.89 bits per heavy atom. The molecule has 0 saturated heterocycles. The first-order valence-electron chi connectivity index (χ1n) is 8.26. The Labute approximate surface area is 120 Å². The van der Waals surface area contributed by atoms with Gasteiger partial charge >= 0.3 is 0 Å². The molecule has 0 atom stereocenters. The van der Waals surface area contributed by atoms with Crippen LogP contribution in [0.1, 0.15) is 52.9 Å². The van der Waals surface area contributed by atoms with Gasteiger partial charge in [0.05, 0.1) is 6.61 Å². The molecule has 1 saturated carbocycles. The van der Waals surface area contributed by atoms with Crippen molar-refractivity contribution in [2.75, 3.05) is 39.4 Å². The van der Waals surface area contributed by atoms with Crippen molar-refractivity contribution in [2.24, 2.45) is 5.92 Å². The summed E-state index contributed by atoms with van der Waals surface area (Å²) in [6, 6.07) is 0.854. The SMILES string of the molecule is CCOCCNCCN(CCC(C)C)C1CCCC1. The van der Waals surface area contributed by atoms with E-state index in [-0.39, 0.29) is 0 Å². The van der Waals surface area contributed by atoms with Crippen molar-refractivity contribution in [1.82, 2.24) is 10.2 Å². The standard InChI is InChI=1S/C16H34N2O/c1-4-19-14-11-17-10-13-18(12-9-15(2)3)16-7-5-6-8-16/h15-17H,4-14H2,1-3H3. The summed E-state index contributed by atoms with van der Waals surface area (Å²) in [4.78, 5) is 2.72. The second-order valence-electron chi connectivity index (χ2n) is 6.10. The number of hydrogen-bond donors (Lipinski definition) is 1. The van der Waals surface area contributed by atoms with Crippen LogP contribution in [0.15, 0.2) is 0 Å². The van der Waals surface area contributed by atoms with Gasteiger partial charge in [-0.25, -0.2) is 0 Å². The minimum Gasteiger partial charge on any atom is -0.380 e. The van der Waals surface area contributed by atoms with E-state index in [2.05, 4.69) is 24.1 Å². The third-order valence-electron chi connectivity index (χ3n) is 4.04. The fraction of sp³-hybridized carbons (Fsp3) is 1.00. The van der Waals surface area contributed by atoms with E-state index < -0.39 is 0 Å². The molecule has 19 heavy (non-hydrogen) atoms. The molecule has 0 bridgehead atoms. The summed E-state index contributed by atoms with van der Waals surface area (Å²) in [5.41, 5.74) is 0. The molecule has 0 spiro atoms. The molecule has 0 aliphatic heterocycles. The van der Waals surface area contributed by atoms with Crippen molar-refractivity contribution in [3.8, 4) is 0 Å². The molecule has 0 aromatic rings. The highest BCUT2D eigenvalue weighted by molar-refractivity contribution is 4.78. The van der Waals surface area contributed by atoms with Gasteiger partial charge in [-0.1, -0.05) is 26.7 Å². The van der Waals surface area contributed by atoms with Crippen molar-refractivity contribution >= 4 is 0 Å². The lowest BCUT2D eigenvalue weighted by atomic mass is 10.1. The van der Waals surface area contributed by atoms with Gasteiger partial charge in [0.25, 0.3) is 0 Å². The molecule has 1 aliphatic carbocycles. The van der Waals surface area contributed by atoms with Gasteiger partial charge in [-0.3, -0.25) is 4.90 Å². The first-order chi connectivity index (χ1) is 9.24. The zero-order valence-corrected chi connectivity index (χ0v) is 13.3. The largest absolute Gasteiger partial charge is 0.380 e. The van der Waals surface area contributed by atoms with Crippen molar-refractivity contribution in [1.29, 1.82) is 0 Å². The molecule has 3 heteroatoms. The van der Waals surface area contributed by atoms with Crippen LogP contribution in [0.3, 0.4) is 0 Å². The topological polar surface area (TPSA) is 24.5 Å². The molecular formula is C16H34N2O. The summed E-state index contributed by atoms with van der Waals surface area (Å²) >= 11 is 0. The molecule has 1 N–H and O–H groups in total. The van der Waals surface area contributed by atoms with Crippen molar-refractivity contribution in [3.05, 3.63) is 0 Å². The third kappa shape index (κ3) is 7.91. The van der Waals surface area contributed by atoms with E-state index >= 15 is 0 Å². The highest BCUT2D eigenvalue weighted by atomic mass is 16.5. The number of nitrogens with zero attached hydrogens (tertiary/aromatic N) is 1. The monoisotopic (exact) mass is 270 g/mol. The number of ether oxygens (including phenoxy) is 1. The van der Waals surface area contributed by atoms with E-state index in [4.69, 9.17) is 4.74 Å². The van der Waals surface area contributed by atoms with Crippen LogP contribution < -0.4 is 5.32 Å². The van der Waals surface area contributed by atoms with Crippen LogP contribution in [0.5, 0.6) is 0 Å². The van der Waals surface area contributed by atoms with E-state index in [1.165, 1.54) is 45.2 Å². The second-order valence-corrected chi connectivity index (χ2v) is 6.10. The first kappa shape index (κ1) is 16.9. The van der Waals surface area contributed by atoms with Gasteiger partial charge in [0.2, 0.25) is 0 Å². The minimum atomic E-state index is 0.815. The highest BCUT2D eigenvalue weighted by Gasteiger charge is 2.21. The van der Waals surface area contributed by atoms with E-state index in [0.29, 0.717) is 0 Å². The lowest BCUT2D eigenvalue weighted by Gasteiger charge is -2.29. The molecule has 0 unspecified atom stereocenters. The van der Waals surface area contributed by atoms with Crippen LogP contribution >= 0.6 is 0 Å². The van der Waals surface area contributed by atoms with Crippen molar-refractivity contribution < 1.29 is 4.74 Å². The maximum Gasteiger partial charge on any atom is 0.0590 e. The van der Waals surface area contributed by atoms with Gasteiger partial charge in [-0.05, 0) is 38.6 Å². The van der Waals surface area contributed by atoms with Gasteiger partial charge in [0.1, 0.15) is 0 Å². The molecule has 1 rings (SSSR count). The molecule has 0 amide bonds. The Balaban J connectivity index is 2.16. The van der Waals surface area contributed by atoms with Crippen LogP contribution in [-0.2, 0) is 4.74 Å². The number of hydrogen-bond acceptors (Lipinski definition) is 3. The molecule has 0 aromatic carbocycles. The molecule has 0 radical (unpaired) electrons. The van der Waals surface area contributed by atoms with Gasteiger partial charge in [0.15, 0.2) is 0 Å². The zero-order valence-electron chi connectivity index (χ0n) is 13.3. The van der Waals surface area contributed by atoms with Crippen molar-refractivity contribution in [3.63, 3.8) is 0 Å². The minimum absolute atomic E-state index is 0.815. The summed E-state index contributed by atoms with van der Waals surface area (Å²) in [5.74, 6) is 0.815. The summed E-state index contributed by atoms with van der Waals surface area (Å²) < 4.78 is 5.34. The van der Waals surface area contributed by atoms with Crippen LogP contribution in [-0.4, -0.2) is 50.3 Å². The van der Waals surface area contributed by atoms with Crippen LogP contribution in [0.25, 0.3) is 0 Å². The average Bonchev–Trinajstić information content (AvgIpc) is 2.90. The summed E-state index contributed by atoms with van der Waals surface area (Å²) in [6.45, 7) is 12.9. The highest BCUT2D eigenvalue weighted by Crippen LogP contribution is 2.23. The smallest absolute Gasteiger partial charge is 0.0590 e. The van der Waals surface area contributed by atoms with Gasteiger partial charge in [-0.15, -0.1) is 0 Å².